The highest BCUT2D eigenvalue weighted by atomic mass is 15.2. The second kappa shape index (κ2) is 28.0. The molecule has 0 bridgehead atoms. The summed E-state index contributed by atoms with van der Waals surface area (Å²) in [6.45, 7) is 35.1. The fraction of sp³-hybridized carbons (Fsp3) is 0.324. The molecule has 0 saturated heterocycles. The minimum Gasteiger partial charge on any atom is -0.408 e. The van der Waals surface area contributed by atoms with Crippen LogP contribution in [-0.2, 0) is 18.3 Å². The Bertz CT molecular complexity index is 3120. The Morgan fingerprint density at radius 1 is 0.808 bits per heavy atom. The lowest BCUT2D eigenvalue weighted by atomic mass is 9.36. The van der Waals surface area contributed by atoms with Crippen LogP contribution in [0.5, 0.6) is 0 Å². The molecule has 0 spiro atoms. The molecule has 3 nitrogen and oxygen atoms in total. The highest BCUT2D eigenvalue weighted by Crippen LogP contribution is 2.37. The number of allylic oxidation sites excluding steroid dienone is 26. The van der Waals surface area contributed by atoms with Crippen molar-refractivity contribution in [1.82, 2.24) is 5.32 Å². The zero-order valence-electron chi connectivity index (χ0n) is 50.1. The summed E-state index contributed by atoms with van der Waals surface area (Å²) >= 11 is 0. The molecule has 3 aliphatic carbocycles. The van der Waals surface area contributed by atoms with Gasteiger partial charge in [-0.25, -0.2) is 0 Å². The van der Waals surface area contributed by atoms with E-state index in [-0.39, 0.29) is 23.5 Å². The van der Waals surface area contributed by atoms with Crippen molar-refractivity contribution in [3.63, 3.8) is 0 Å². The average molecular weight is 1030 g/mol. The van der Waals surface area contributed by atoms with Crippen molar-refractivity contribution in [2.75, 3.05) is 4.90 Å². The van der Waals surface area contributed by atoms with E-state index in [0.717, 1.165) is 77.1 Å². The van der Waals surface area contributed by atoms with Crippen molar-refractivity contribution in [2.24, 2.45) is 17.1 Å². The molecule has 0 heterocycles. The van der Waals surface area contributed by atoms with Crippen molar-refractivity contribution in [2.45, 2.75) is 147 Å². The highest BCUT2D eigenvalue weighted by molar-refractivity contribution is 6.91. The smallest absolute Gasteiger partial charge is 0.264 e. The number of fused-ring (bicyclic) bond motifs is 1. The Morgan fingerprint density at radius 2 is 1.55 bits per heavy atom. The zero-order chi connectivity index (χ0) is 56.6. The van der Waals surface area contributed by atoms with Crippen molar-refractivity contribution in [1.29, 1.82) is 0 Å². The molecule has 0 fully saturated rings. The molecule has 4 heteroatoms. The van der Waals surface area contributed by atoms with Gasteiger partial charge in [0.25, 0.3) is 6.71 Å². The first kappa shape index (κ1) is 60.2. The summed E-state index contributed by atoms with van der Waals surface area (Å²) in [7, 11) is 0. The molecule has 3 aliphatic rings. The van der Waals surface area contributed by atoms with E-state index in [2.05, 4.69) is 296 Å². The number of benzene rings is 3. The molecule has 3 N–H and O–H groups in total. The maximum Gasteiger partial charge on any atom is 0.264 e. The van der Waals surface area contributed by atoms with Gasteiger partial charge in [-0.15, -0.1) is 0 Å². The summed E-state index contributed by atoms with van der Waals surface area (Å²) in [5, 5.41) is 3.75. The largest absolute Gasteiger partial charge is 0.408 e. The summed E-state index contributed by atoms with van der Waals surface area (Å²) in [6, 6.07) is 21.1. The third kappa shape index (κ3) is 15.4. The van der Waals surface area contributed by atoms with Gasteiger partial charge in [-0.05, 0) is 177 Å². The molecular formula is C74H92BN3. The van der Waals surface area contributed by atoms with Gasteiger partial charge in [-0.2, -0.15) is 0 Å². The van der Waals surface area contributed by atoms with Crippen LogP contribution in [0.2, 0.25) is 0 Å². The van der Waals surface area contributed by atoms with E-state index in [1.165, 1.54) is 55.6 Å². The number of rotatable bonds is 18. The molecule has 0 aromatic heterocycles. The number of nitrogens with one attached hydrogen (secondary N) is 1. The summed E-state index contributed by atoms with van der Waals surface area (Å²) in [4.78, 5) is 2.41. The number of hydrogen-bond acceptors (Lipinski definition) is 3. The molecule has 0 radical (unpaired) electrons. The lowest BCUT2D eigenvalue weighted by Crippen LogP contribution is -2.50. The molecule has 78 heavy (non-hydrogen) atoms. The molecule has 0 aliphatic heterocycles. The summed E-state index contributed by atoms with van der Waals surface area (Å²) in [6.07, 6.45) is 54.9. The number of nitrogens with zero attached hydrogens (tertiary/aromatic N) is 1. The standard InChI is InChI=1S/C74H92BN3/c1-16-28-56(67-37-27-36-59-49-54(8)32-25-26-33-55(9)72(59)67)38-39-58-40-41-62(74(13,14)15)51-69(58)75(71(76)52-77-63-44-42-61(43-45-63)73(10,11)12)68-47-46-65(50-60(68)48-53(7)20-5)78(64(21-6)29-17-2)70(31-19-4)66(30-18-3)57-34-23-22-24-35-57/h16-21,23,25-38,40-42,44,46-48,50-52,54-55,77H,5,22,24,39,43,45,49,76H2,1-4,6-15H3/b28-16-,29-17-,30-18-,31-19-,32-25-,33-26-,53-48-,56-38+,64-21+,70-66-,71-52+. The summed E-state index contributed by atoms with van der Waals surface area (Å²) in [5.41, 5.74) is 29.0. The van der Waals surface area contributed by atoms with Gasteiger partial charge in [0.1, 0.15) is 0 Å². The van der Waals surface area contributed by atoms with Crippen molar-refractivity contribution in [3.8, 4) is 0 Å². The Balaban J connectivity index is 1.67. The minimum atomic E-state index is -0.331. The van der Waals surface area contributed by atoms with Gasteiger partial charge in [0, 0.05) is 34.8 Å². The predicted octanol–water partition coefficient (Wildman–Crippen LogP) is 18.3. The molecule has 0 saturated carbocycles. The Hall–Kier alpha value is -7.04. The third-order valence-corrected chi connectivity index (χ3v) is 15.3. The predicted molar refractivity (Wildman–Crippen MR) is 347 cm³/mol. The second-order valence-electron chi connectivity index (χ2n) is 23.4. The number of nitrogens with two attached hydrogens (primary N) is 1. The first-order chi connectivity index (χ1) is 37.4. The summed E-state index contributed by atoms with van der Waals surface area (Å²) < 4.78 is 0. The lowest BCUT2D eigenvalue weighted by Gasteiger charge is -2.31. The summed E-state index contributed by atoms with van der Waals surface area (Å²) in [5.74, 6) is 0.693. The Kier molecular flexibility index (Phi) is 21.6. The quantitative estimate of drug-likeness (QED) is 0.0985. The van der Waals surface area contributed by atoms with E-state index in [1.54, 1.807) is 0 Å². The molecule has 2 unspecified atom stereocenters. The fourth-order valence-electron chi connectivity index (χ4n) is 11.0. The number of hydrogen-bond donors (Lipinski definition) is 2. The van der Waals surface area contributed by atoms with Gasteiger partial charge >= 0.3 is 0 Å². The van der Waals surface area contributed by atoms with Crippen molar-refractivity contribution >= 4 is 35.0 Å². The van der Waals surface area contributed by atoms with Gasteiger partial charge in [0.15, 0.2) is 0 Å². The van der Waals surface area contributed by atoms with Crippen LogP contribution in [-0.4, -0.2) is 6.71 Å². The SMILES string of the molecule is C=C/C(C)=C\c1cc(N(C(/C=C\C)=C(/C=C\C)C2=CCCC=C2)C(/C=C\C)=C/C)ccc1B(/C(N)=C\NC1=CC=C(C(C)(C)C)CC1)c1cc(C(C)(C)C)ccc1C/C=C(\C=C/C)c1cccc2c1C(C)/C=C\C=C/C(C)C2. The maximum atomic E-state index is 7.76. The molecule has 3 aromatic carbocycles. The molecule has 6 rings (SSSR count). The highest BCUT2D eigenvalue weighted by Gasteiger charge is 2.31. The van der Waals surface area contributed by atoms with Crippen LogP contribution in [0.25, 0.3) is 11.6 Å². The van der Waals surface area contributed by atoms with E-state index in [9.17, 15) is 0 Å². The van der Waals surface area contributed by atoms with Crippen LogP contribution in [0.4, 0.5) is 5.69 Å². The lowest BCUT2D eigenvalue weighted by molar-refractivity contribution is 0.478. The van der Waals surface area contributed by atoms with Gasteiger partial charge < -0.3 is 16.0 Å². The minimum absolute atomic E-state index is 0.120. The van der Waals surface area contributed by atoms with E-state index < -0.39 is 0 Å². The molecular weight excluding hydrogens is 942 g/mol. The van der Waals surface area contributed by atoms with E-state index in [1.807, 2.05) is 6.08 Å². The van der Waals surface area contributed by atoms with Crippen LogP contribution in [0.3, 0.4) is 0 Å². The Labute approximate surface area is 473 Å². The molecule has 406 valence electrons. The zero-order valence-corrected chi connectivity index (χ0v) is 50.1. The van der Waals surface area contributed by atoms with Crippen LogP contribution >= 0.6 is 0 Å². The maximum absolute atomic E-state index is 7.76. The van der Waals surface area contributed by atoms with Crippen molar-refractivity contribution in [3.05, 3.63) is 267 Å². The van der Waals surface area contributed by atoms with Gasteiger partial charge in [0.2, 0.25) is 0 Å². The van der Waals surface area contributed by atoms with Crippen molar-refractivity contribution < 1.29 is 0 Å². The molecule has 0 amide bonds. The van der Waals surface area contributed by atoms with E-state index in [0.29, 0.717) is 12.3 Å². The van der Waals surface area contributed by atoms with Crippen LogP contribution in [0.15, 0.2) is 234 Å². The van der Waals surface area contributed by atoms with Crippen LogP contribution in [0, 0.1) is 11.3 Å². The Morgan fingerprint density at radius 3 is 2.19 bits per heavy atom. The molecule has 3 aromatic rings. The molecule has 2 atom stereocenters. The third-order valence-electron chi connectivity index (χ3n) is 15.3. The van der Waals surface area contributed by atoms with Gasteiger partial charge in [-0.1, -0.05) is 236 Å². The monoisotopic (exact) mass is 1030 g/mol. The van der Waals surface area contributed by atoms with Crippen LogP contribution in [0.1, 0.15) is 162 Å². The average Bonchev–Trinajstić information content (AvgIpc) is 3.53. The van der Waals surface area contributed by atoms with Gasteiger partial charge in [-0.3, -0.25) is 0 Å². The normalized spacial score (nSPS) is 19.2. The van der Waals surface area contributed by atoms with E-state index in [4.69, 9.17) is 5.73 Å². The number of anilines is 1. The first-order valence-electron chi connectivity index (χ1n) is 28.8. The van der Waals surface area contributed by atoms with Crippen LogP contribution < -0.4 is 26.9 Å². The fourth-order valence-corrected chi connectivity index (χ4v) is 11.0. The first-order valence-corrected chi connectivity index (χ1v) is 28.8. The second-order valence-corrected chi connectivity index (χ2v) is 23.4. The van der Waals surface area contributed by atoms with E-state index >= 15 is 0 Å². The van der Waals surface area contributed by atoms with Gasteiger partial charge in [0.05, 0.1) is 5.70 Å². The topological polar surface area (TPSA) is 41.3 Å².